The van der Waals surface area contributed by atoms with Gasteiger partial charge in [0, 0.05) is 31.1 Å². The molecule has 1 aliphatic heterocycles. The van der Waals surface area contributed by atoms with E-state index in [-0.39, 0.29) is 5.41 Å². The van der Waals surface area contributed by atoms with Gasteiger partial charge in [-0.15, -0.1) is 0 Å². The van der Waals surface area contributed by atoms with E-state index in [0.29, 0.717) is 6.42 Å². The van der Waals surface area contributed by atoms with Crippen molar-refractivity contribution < 1.29 is 0 Å². The van der Waals surface area contributed by atoms with Crippen LogP contribution in [-0.2, 0) is 5.41 Å². The second-order valence-electron chi connectivity index (χ2n) is 5.47. The van der Waals surface area contributed by atoms with E-state index >= 15 is 0 Å². The van der Waals surface area contributed by atoms with Gasteiger partial charge < -0.3 is 4.90 Å². The highest BCUT2D eigenvalue weighted by atomic mass is 15.1. The topological polar surface area (TPSA) is 27.0 Å². The fourth-order valence-corrected chi connectivity index (χ4v) is 2.83. The van der Waals surface area contributed by atoms with Crippen molar-refractivity contribution in [3.63, 3.8) is 0 Å². The number of rotatable bonds is 3. The molecular formula is C16H20N2. The summed E-state index contributed by atoms with van der Waals surface area (Å²) in [5, 5.41) is 9.18. The molecule has 1 aliphatic rings. The summed E-state index contributed by atoms with van der Waals surface area (Å²) in [7, 11) is 2.11. The maximum Gasteiger partial charge on any atom is 0.0631 e. The number of para-hydroxylation sites is 1. The van der Waals surface area contributed by atoms with Crippen LogP contribution in [0, 0.1) is 11.3 Å². The number of anilines is 1. The summed E-state index contributed by atoms with van der Waals surface area (Å²) in [6, 6.07) is 10.8. The Morgan fingerprint density at radius 1 is 1.44 bits per heavy atom. The molecule has 0 bridgehead atoms. The van der Waals surface area contributed by atoms with Crippen LogP contribution < -0.4 is 4.90 Å². The lowest BCUT2D eigenvalue weighted by Crippen LogP contribution is -2.31. The molecule has 2 heteroatoms. The third kappa shape index (κ3) is 2.13. The highest BCUT2D eigenvalue weighted by Crippen LogP contribution is 2.44. The molecule has 0 unspecified atom stereocenters. The van der Waals surface area contributed by atoms with Crippen molar-refractivity contribution >= 4 is 5.69 Å². The Balaban J connectivity index is 2.44. The van der Waals surface area contributed by atoms with Crippen LogP contribution in [0.4, 0.5) is 5.69 Å². The number of hydrogen-bond acceptors (Lipinski definition) is 2. The van der Waals surface area contributed by atoms with Crippen molar-refractivity contribution in [1.82, 2.24) is 0 Å². The lowest BCUT2D eigenvalue weighted by Gasteiger charge is -2.26. The first-order valence-electron chi connectivity index (χ1n) is 6.40. The molecule has 18 heavy (non-hydrogen) atoms. The second kappa shape index (κ2) is 4.86. The first-order chi connectivity index (χ1) is 8.59. The van der Waals surface area contributed by atoms with Gasteiger partial charge in [0.2, 0.25) is 0 Å². The summed E-state index contributed by atoms with van der Waals surface area (Å²) < 4.78 is 0. The Kier molecular flexibility index (Phi) is 3.43. The van der Waals surface area contributed by atoms with Crippen molar-refractivity contribution in [3.8, 4) is 6.07 Å². The van der Waals surface area contributed by atoms with Crippen LogP contribution in [0.15, 0.2) is 35.9 Å². The summed E-state index contributed by atoms with van der Waals surface area (Å²) in [6.07, 6.45) is 3.79. The Bertz CT molecular complexity index is 506. The molecule has 1 aromatic carbocycles. The summed E-state index contributed by atoms with van der Waals surface area (Å²) in [6.45, 7) is 5.17. The molecule has 0 saturated heterocycles. The van der Waals surface area contributed by atoms with Crippen molar-refractivity contribution in [1.29, 1.82) is 5.26 Å². The number of nitriles is 1. The maximum absolute atomic E-state index is 9.18. The number of benzene rings is 1. The molecule has 94 valence electrons. The van der Waals surface area contributed by atoms with Crippen LogP contribution in [-0.4, -0.2) is 13.6 Å². The van der Waals surface area contributed by atoms with Crippen molar-refractivity contribution in [2.24, 2.45) is 0 Å². The quantitative estimate of drug-likeness (QED) is 0.754. The van der Waals surface area contributed by atoms with Crippen molar-refractivity contribution in [2.45, 2.75) is 32.1 Å². The Morgan fingerprint density at radius 3 is 2.83 bits per heavy atom. The minimum Gasteiger partial charge on any atom is -0.373 e. The fourth-order valence-electron chi connectivity index (χ4n) is 2.83. The lowest BCUT2D eigenvalue weighted by molar-refractivity contribution is 0.471. The van der Waals surface area contributed by atoms with Crippen LogP contribution in [0.3, 0.4) is 0 Å². The van der Waals surface area contributed by atoms with E-state index in [0.717, 1.165) is 13.0 Å². The number of hydrogen-bond donors (Lipinski definition) is 0. The third-order valence-electron chi connectivity index (χ3n) is 3.74. The average Bonchev–Trinajstić information content (AvgIpc) is 2.62. The molecule has 0 N–H and O–H groups in total. The summed E-state index contributed by atoms with van der Waals surface area (Å²) >= 11 is 0. The first kappa shape index (κ1) is 12.7. The Hall–Kier alpha value is -1.75. The van der Waals surface area contributed by atoms with E-state index in [1.165, 1.54) is 16.8 Å². The highest BCUT2D eigenvalue weighted by Gasteiger charge is 2.40. The summed E-state index contributed by atoms with van der Waals surface area (Å²) in [4.78, 5) is 2.27. The lowest BCUT2D eigenvalue weighted by atomic mass is 9.76. The molecule has 0 amide bonds. The number of nitrogens with zero attached hydrogens (tertiary/aromatic N) is 2. The van der Waals surface area contributed by atoms with Crippen LogP contribution in [0.5, 0.6) is 0 Å². The molecule has 0 spiro atoms. The van der Waals surface area contributed by atoms with E-state index < -0.39 is 0 Å². The van der Waals surface area contributed by atoms with Gasteiger partial charge >= 0.3 is 0 Å². The van der Waals surface area contributed by atoms with Crippen molar-refractivity contribution in [3.05, 3.63) is 41.5 Å². The van der Waals surface area contributed by atoms with Crippen molar-refractivity contribution in [2.75, 3.05) is 18.5 Å². The zero-order chi connectivity index (χ0) is 13.2. The number of likely N-dealkylation sites (N-methyl/N-ethyl adjacent to an activating group) is 1. The zero-order valence-corrected chi connectivity index (χ0v) is 11.4. The molecule has 0 radical (unpaired) electrons. The monoisotopic (exact) mass is 240 g/mol. The van der Waals surface area contributed by atoms with Gasteiger partial charge in [-0.1, -0.05) is 29.8 Å². The van der Waals surface area contributed by atoms with E-state index in [2.05, 4.69) is 62.2 Å². The van der Waals surface area contributed by atoms with E-state index in [4.69, 9.17) is 0 Å². The Labute approximate surface area is 110 Å². The van der Waals surface area contributed by atoms with Gasteiger partial charge in [-0.3, -0.25) is 0 Å². The fraction of sp³-hybridized carbons (Fsp3) is 0.438. The van der Waals surface area contributed by atoms with E-state index in [9.17, 15) is 5.26 Å². The minimum absolute atomic E-state index is 0.0304. The van der Waals surface area contributed by atoms with Crippen LogP contribution in [0.1, 0.15) is 32.3 Å². The van der Waals surface area contributed by atoms with Gasteiger partial charge in [0.25, 0.3) is 0 Å². The van der Waals surface area contributed by atoms with Gasteiger partial charge in [0.15, 0.2) is 0 Å². The van der Waals surface area contributed by atoms with Crippen LogP contribution >= 0.6 is 0 Å². The average molecular weight is 240 g/mol. The first-order valence-corrected chi connectivity index (χ1v) is 6.40. The molecule has 0 aliphatic carbocycles. The molecule has 0 saturated carbocycles. The molecule has 0 aromatic heterocycles. The summed E-state index contributed by atoms with van der Waals surface area (Å²) in [5.74, 6) is 0. The largest absolute Gasteiger partial charge is 0.373 e. The molecular weight excluding hydrogens is 220 g/mol. The normalized spacial score (nSPS) is 21.3. The predicted octanol–water partition coefficient (Wildman–Crippen LogP) is 3.64. The molecule has 1 aromatic rings. The van der Waals surface area contributed by atoms with Crippen LogP contribution in [0.25, 0.3) is 0 Å². The van der Waals surface area contributed by atoms with Gasteiger partial charge in [0.1, 0.15) is 0 Å². The van der Waals surface area contributed by atoms with E-state index in [1.807, 2.05) is 0 Å². The van der Waals surface area contributed by atoms with Gasteiger partial charge in [0.05, 0.1) is 6.07 Å². The summed E-state index contributed by atoms with van der Waals surface area (Å²) in [5.41, 5.74) is 3.89. The predicted molar refractivity (Wildman–Crippen MR) is 75.7 cm³/mol. The number of fused-ring (bicyclic) bond motifs is 1. The molecule has 2 rings (SSSR count). The zero-order valence-electron chi connectivity index (χ0n) is 11.4. The maximum atomic E-state index is 9.18. The third-order valence-corrected chi connectivity index (χ3v) is 3.74. The number of allylic oxidation sites excluding steroid dienone is 2. The second-order valence-corrected chi connectivity index (χ2v) is 5.47. The molecule has 1 heterocycles. The SMILES string of the molecule is CC(C)=CC[C@]1(CC#N)CN(C)c2ccccc21. The van der Waals surface area contributed by atoms with Gasteiger partial charge in [-0.05, 0) is 31.9 Å². The Morgan fingerprint density at radius 2 is 2.17 bits per heavy atom. The van der Waals surface area contributed by atoms with E-state index in [1.54, 1.807) is 0 Å². The molecule has 0 fully saturated rings. The van der Waals surface area contributed by atoms with Gasteiger partial charge in [-0.2, -0.15) is 5.26 Å². The highest BCUT2D eigenvalue weighted by molar-refractivity contribution is 5.62. The molecule has 1 atom stereocenters. The molecule has 2 nitrogen and oxygen atoms in total. The van der Waals surface area contributed by atoms with Gasteiger partial charge in [-0.25, -0.2) is 0 Å². The standard InChI is InChI=1S/C16H20N2/c1-13(2)8-9-16(10-11-17)12-18(3)15-7-5-4-6-14(15)16/h4-8H,9-10,12H2,1-3H3/t16-/m0/s1. The minimum atomic E-state index is -0.0304. The smallest absolute Gasteiger partial charge is 0.0631 e. The van der Waals surface area contributed by atoms with Crippen LogP contribution in [0.2, 0.25) is 0 Å².